The van der Waals surface area contributed by atoms with Crippen molar-refractivity contribution in [3.05, 3.63) is 82.6 Å². The Balaban J connectivity index is 1.36. The first-order chi connectivity index (χ1) is 15.5. The molecule has 0 spiro atoms. The van der Waals surface area contributed by atoms with Gasteiger partial charge in [-0.05, 0) is 54.3 Å². The largest absolute Gasteiger partial charge is 0.353 e. The first-order valence-corrected chi connectivity index (χ1v) is 12.2. The highest BCUT2D eigenvalue weighted by Gasteiger charge is 2.37. The van der Waals surface area contributed by atoms with Crippen molar-refractivity contribution in [3.63, 3.8) is 0 Å². The van der Waals surface area contributed by atoms with Crippen molar-refractivity contribution in [2.75, 3.05) is 0 Å². The van der Waals surface area contributed by atoms with E-state index >= 15 is 0 Å². The zero-order valence-corrected chi connectivity index (χ0v) is 19.3. The van der Waals surface area contributed by atoms with E-state index in [-0.39, 0.29) is 23.4 Å². The van der Waals surface area contributed by atoms with Gasteiger partial charge in [0.2, 0.25) is 11.8 Å². The predicted molar refractivity (Wildman–Crippen MR) is 131 cm³/mol. The molecule has 2 N–H and O–H groups in total. The molecule has 1 fully saturated rings. The van der Waals surface area contributed by atoms with Crippen LogP contribution in [0.4, 0.5) is 0 Å². The Hall–Kier alpha value is -2.92. The first-order valence-electron chi connectivity index (χ1n) is 11.3. The summed E-state index contributed by atoms with van der Waals surface area (Å²) in [4.78, 5) is 25.9. The van der Waals surface area contributed by atoms with E-state index in [1.807, 2.05) is 31.2 Å². The van der Waals surface area contributed by atoms with Crippen LogP contribution in [0, 0.1) is 0 Å². The molecule has 4 rings (SSSR count). The summed E-state index contributed by atoms with van der Waals surface area (Å²) in [7, 11) is 0. The lowest BCUT2D eigenvalue weighted by atomic mass is 9.84. The molecule has 1 aromatic heterocycles. The van der Waals surface area contributed by atoms with Crippen LogP contribution < -0.4 is 10.6 Å². The Kier molecular flexibility index (Phi) is 7.05. The van der Waals surface area contributed by atoms with Crippen molar-refractivity contribution < 1.29 is 9.59 Å². The SMILES string of the molecule is C[C@H](Cc1cccs1)NC(=O)CC[C@]1(Cc2ccc(-c3ccccc3)cc2)CCC(=O)N1. The fraction of sp³-hybridized carbons (Fsp3) is 0.333. The van der Waals surface area contributed by atoms with Crippen molar-refractivity contribution in [2.45, 2.75) is 57.0 Å². The molecule has 32 heavy (non-hydrogen) atoms. The number of carbonyl (C=O) groups excluding carboxylic acids is 2. The number of hydrogen-bond acceptors (Lipinski definition) is 3. The lowest BCUT2D eigenvalue weighted by molar-refractivity contribution is -0.123. The second kappa shape index (κ2) is 10.1. The molecular formula is C27H30N2O2S. The molecule has 0 aliphatic carbocycles. The fourth-order valence-corrected chi connectivity index (χ4v) is 5.34. The zero-order chi connectivity index (χ0) is 22.4. The Morgan fingerprint density at radius 3 is 2.47 bits per heavy atom. The Morgan fingerprint density at radius 1 is 1.06 bits per heavy atom. The van der Waals surface area contributed by atoms with Gasteiger partial charge >= 0.3 is 0 Å². The molecule has 2 aromatic carbocycles. The summed E-state index contributed by atoms with van der Waals surface area (Å²) in [6.07, 6.45) is 3.95. The number of rotatable bonds is 9. The van der Waals surface area contributed by atoms with Gasteiger partial charge in [-0.1, -0.05) is 60.7 Å². The number of carbonyl (C=O) groups is 2. The van der Waals surface area contributed by atoms with E-state index in [1.165, 1.54) is 21.6 Å². The van der Waals surface area contributed by atoms with Gasteiger partial charge in [-0.2, -0.15) is 0 Å². The summed E-state index contributed by atoms with van der Waals surface area (Å²) in [6, 6.07) is 23.1. The van der Waals surface area contributed by atoms with Crippen LogP contribution in [0.15, 0.2) is 72.1 Å². The number of nitrogens with one attached hydrogen (secondary N) is 2. The number of amides is 2. The van der Waals surface area contributed by atoms with Gasteiger partial charge in [-0.3, -0.25) is 9.59 Å². The summed E-state index contributed by atoms with van der Waals surface area (Å²) in [6.45, 7) is 2.04. The maximum absolute atomic E-state index is 12.6. The van der Waals surface area contributed by atoms with Crippen LogP contribution in [0.1, 0.15) is 43.0 Å². The maximum Gasteiger partial charge on any atom is 0.220 e. The lowest BCUT2D eigenvalue weighted by Gasteiger charge is -2.29. The molecule has 0 radical (unpaired) electrons. The van der Waals surface area contributed by atoms with Crippen molar-refractivity contribution in [1.29, 1.82) is 0 Å². The molecule has 1 saturated heterocycles. The summed E-state index contributed by atoms with van der Waals surface area (Å²) < 4.78 is 0. The number of benzene rings is 2. The van der Waals surface area contributed by atoms with Crippen LogP contribution in [-0.4, -0.2) is 23.4 Å². The third-order valence-electron chi connectivity index (χ3n) is 6.16. The van der Waals surface area contributed by atoms with Crippen molar-refractivity contribution in [1.82, 2.24) is 10.6 Å². The summed E-state index contributed by atoms with van der Waals surface area (Å²) in [5.74, 6) is 0.131. The molecular weight excluding hydrogens is 416 g/mol. The molecule has 0 unspecified atom stereocenters. The highest BCUT2D eigenvalue weighted by molar-refractivity contribution is 7.09. The fourth-order valence-electron chi connectivity index (χ4n) is 4.50. The van der Waals surface area contributed by atoms with Gasteiger partial charge in [0.25, 0.3) is 0 Å². The summed E-state index contributed by atoms with van der Waals surface area (Å²) in [5.41, 5.74) is 3.20. The minimum absolute atomic E-state index is 0.0500. The molecule has 3 aromatic rings. The molecule has 166 valence electrons. The smallest absolute Gasteiger partial charge is 0.220 e. The highest BCUT2D eigenvalue weighted by atomic mass is 32.1. The molecule has 2 heterocycles. The highest BCUT2D eigenvalue weighted by Crippen LogP contribution is 2.30. The van der Waals surface area contributed by atoms with E-state index < -0.39 is 0 Å². The van der Waals surface area contributed by atoms with Gasteiger partial charge in [-0.15, -0.1) is 11.3 Å². The monoisotopic (exact) mass is 446 g/mol. The topological polar surface area (TPSA) is 58.2 Å². The number of hydrogen-bond donors (Lipinski definition) is 2. The molecule has 4 nitrogen and oxygen atoms in total. The molecule has 0 bridgehead atoms. The van der Waals surface area contributed by atoms with Gasteiger partial charge in [0, 0.05) is 35.7 Å². The lowest BCUT2D eigenvalue weighted by Crippen LogP contribution is -2.45. The van der Waals surface area contributed by atoms with Crippen molar-refractivity contribution >= 4 is 23.2 Å². The Morgan fingerprint density at radius 2 is 1.81 bits per heavy atom. The summed E-state index contributed by atoms with van der Waals surface area (Å²) >= 11 is 1.71. The predicted octanol–water partition coefficient (Wildman–Crippen LogP) is 5.13. The van der Waals surface area contributed by atoms with E-state index in [1.54, 1.807) is 11.3 Å². The van der Waals surface area contributed by atoms with Crippen molar-refractivity contribution in [3.8, 4) is 11.1 Å². The van der Waals surface area contributed by atoms with E-state index in [2.05, 4.69) is 58.5 Å². The Bertz CT molecular complexity index is 1030. The van der Waals surface area contributed by atoms with Crippen molar-refractivity contribution in [2.24, 2.45) is 0 Å². The molecule has 1 aliphatic rings. The minimum atomic E-state index is -0.348. The van der Waals surface area contributed by atoms with Gasteiger partial charge in [-0.25, -0.2) is 0 Å². The summed E-state index contributed by atoms with van der Waals surface area (Å²) in [5, 5.41) is 8.36. The standard InChI is InChI=1S/C27H30N2O2S/c1-20(18-24-8-5-17-32-24)28-25(30)13-15-27(16-14-26(31)29-27)19-21-9-11-23(12-10-21)22-6-3-2-4-7-22/h2-12,17,20H,13-16,18-19H2,1H3,(H,28,30)(H,29,31)/t20-,27-/m1/s1. The molecule has 2 atom stereocenters. The van der Waals surface area contributed by atoms with Gasteiger partial charge in [0.05, 0.1) is 0 Å². The second-order valence-corrected chi connectivity index (χ2v) is 9.85. The average molecular weight is 447 g/mol. The average Bonchev–Trinajstić information content (AvgIpc) is 3.43. The van der Waals surface area contributed by atoms with Gasteiger partial charge < -0.3 is 10.6 Å². The van der Waals surface area contributed by atoms with Crippen LogP contribution >= 0.6 is 11.3 Å². The quantitative estimate of drug-likeness (QED) is 0.478. The second-order valence-electron chi connectivity index (χ2n) is 8.82. The third kappa shape index (κ3) is 5.86. The van der Waals surface area contributed by atoms with Gasteiger partial charge in [0.15, 0.2) is 0 Å². The normalized spacial score (nSPS) is 18.8. The van der Waals surface area contributed by atoms with Crippen LogP contribution in [0.2, 0.25) is 0 Å². The number of thiophene rings is 1. The van der Waals surface area contributed by atoms with Crippen LogP contribution in [0.3, 0.4) is 0 Å². The van der Waals surface area contributed by atoms with E-state index in [9.17, 15) is 9.59 Å². The van der Waals surface area contributed by atoms with E-state index in [4.69, 9.17) is 0 Å². The molecule has 5 heteroatoms. The minimum Gasteiger partial charge on any atom is -0.353 e. The van der Waals surface area contributed by atoms with Crippen LogP contribution in [0.25, 0.3) is 11.1 Å². The maximum atomic E-state index is 12.6. The molecule has 2 amide bonds. The van der Waals surface area contributed by atoms with Crippen LogP contribution in [0.5, 0.6) is 0 Å². The first kappa shape index (κ1) is 22.3. The molecule has 0 saturated carbocycles. The third-order valence-corrected chi connectivity index (χ3v) is 7.06. The van der Waals surface area contributed by atoms with E-state index in [0.29, 0.717) is 19.3 Å². The van der Waals surface area contributed by atoms with Crippen LogP contribution in [-0.2, 0) is 22.4 Å². The van der Waals surface area contributed by atoms with E-state index in [0.717, 1.165) is 19.3 Å². The Labute approximate surface area is 194 Å². The van der Waals surface area contributed by atoms with Gasteiger partial charge in [0.1, 0.15) is 0 Å². The molecule has 1 aliphatic heterocycles. The zero-order valence-electron chi connectivity index (χ0n) is 18.5.